The lowest BCUT2D eigenvalue weighted by atomic mass is 9.96. The molecule has 3 saturated heterocycles. The summed E-state index contributed by atoms with van der Waals surface area (Å²) in [6.45, 7) is 6.08. The van der Waals surface area contributed by atoms with Crippen molar-refractivity contribution in [1.82, 2.24) is 35.6 Å². The average molecular weight is 750 g/mol. The number of carbonyl (C=O) groups is 4. The molecule has 1 aromatic heterocycles. The van der Waals surface area contributed by atoms with Crippen LogP contribution in [0.2, 0.25) is 0 Å². The van der Waals surface area contributed by atoms with E-state index in [1.54, 1.807) is 11.3 Å². The third kappa shape index (κ3) is 9.46. The SMILES string of the molecule is Cc1sc2nc1CC(=O)N[C@@H](CCCCNC(=O)c1ccc(F)cc1)CC(=O)N1CCC(CC1)N1C[C@@H](NC3CCCC3)C[C@H]1C(=O)N1CCC2CC1. The number of benzene rings is 1. The van der Waals surface area contributed by atoms with Crippen LogP contribution in [0.25, 0.3) is 0 Å². The number of nitrogens with one attached hydrogen (secondary N) is 3. The van der Waals surface area contributed by atoms with E-state index in [2.05, 4.69) is 25.8 Å². The van der Waals surface area contributed by atoms with Gasteiger partial charge in [0.25, 0.3) is 5.91 Å². The number of fused-ring (bicyclic) bond motifs is 2. The van der Waals surface area contributed by atoms with E-state index in [0.29, 0.717) is 56.5 Å². The Balaban J connectivity index is 1.03. The Hall–Kier alpha value is -3.42. The van der Waals surface area contributed by atoms with Crippen LogP contribution in [0.1, 0.15) is 115 Å². The van der Waals surface area contributed by atoms with Crippen molar-refractivity contribution in [3.05, 3.63) is 51.2 Å². The van der Waals surface area contributed by atoms with Gasteiger partial charge < -0.3 is 25.8 Å². The highest BCUT2D eigenvalue weighted by Gasteiger charge is 2.44. The first-order valence-corrected chi connectivity index (χ1v) is 20.9. The molecule has 0 unspecified atom stereocenters. The van der Waals surface area contributed by atoms with Crippen LogP contribution in [-0.4, -0.2) is 113 Å². The molecule has 7 heterocycles. The zero-order valence-electron chi connectivity index (χ0n) is 31.1. The van der Waals surface area contributed by atoms with Crippen LogP contribution in [0.4, 0.5) is 4.39 Å². The number of piperidine rings is 2. The monoisotopic (exact) mass is 749 g/mol. The first-order chi connectivity index (χ1) is 25.7. The molecule has 9 rings (SSSR count). The molecular formula is C40H56FN7O4S. The van der Waals surface area contributed by atoms with Crippen molar-refractivity contribution in [2.45, 2.75) is 133 Å². The molecule has 4 fully saturated rings. The molecule has 7 aliphatic rings. The minimum absolute atomic E-state index is 0.0399. The quantitative estimate of drug-likeness (QED) is 0.344. The second-order valence-corrected chi connectivity index (χ2v) is 17.2. The van der Waals surface area contributed by atoms with Gasteiger partial charge in [-0.1, -0.05) is 12.8 Å². The molecule has 6 bridgehead atoms. The molecule has 1 aromatic carbocycles. The molecule has 3 N–H and O–H groups in total. The molecule has 4 amide bonds. The number of halogens is 1. The minimum Gasteiger partial charge on any atom is -0.353 e. The number of aryl methyl sites for hydroxylation is 1. The Kier molecular flexibility index (Phi) is 12.4. The number of aromatic nitrogens is 1. The molecule has 1 aliphatic carbocycles. The summed E-state index contributed by atoms with van der Waals surface area (Å²) in [7, 11) is 0. The summed E-state index contributed by atoms with van der Waals surface area (Å²) in [5, 5.41) is 11.0. The van der Waals surface area contributed by atoms with Gasteiger partial charge in [-0.05, 0) is 95.4 Å². The topological polar surface area (TPSA) is 127 Å². The van der Waals surface area contributed by atoms with Crippen LogP contribution >= 0.6 is 11.3 Å². The van der Waals surface area contributed by atoms with E-state index in [1.165, 1.54) is 49.9 Å². The Bertz CT molecular complexity index is 1600. The number of amides is 4. The smallest absolute Gasteiger partial charge is 0.251 e. The van der Waals surface area contributed by atoms with E-state index in [-0.39, 0.29) is 66.3 Å². The fourth-order valence-electron chi connectivity index (χ4n) is 9.26. The van der Waals surface area contributed by atoms with Crippen molar-refractivity contribution >= 4 is 35.0 Å². The molecule has 0 radical (unpaired) electrons. The highest BCUT2D eigenvalue weighted by atomic mass is 32.1. The third-order valence-corrected chi connectivity index (χ3v) is 13.5. The molecule has 1 saturated carbocycles. The molecule has 0 spiro atoms. The van der Waals surface area contributed by atoms with Gasteiger partial charge in [0.2, 0.25) is 17.7 Å². The standard InChI is InChI=1S/C40H56FN7O4S/c1-26-34-24-36(49)44-31(8-4-5-17-42-38(51)27-9-11-29(41)12-10-27)23-37(50)46-20-15-33(16-21-46)48-25-32(43-30-6-2-3-7-30)22-35(48)40(52)47-18-13-28(14-19-47)39(45-34)53-26/h9-12,28,30-33,35,43H,2-8,13-25H2,1H3,(H,42,51)(H,44,49)/t31-,32-,35-/m0/s1. The summed E-state index contributed by atoms with van der Waals surface area (Å²) in [6.07, 6.45) is 11.7. The van der Waals surface area contributed by atoms with E-state index < -0.39 is 0 Å². The van der Waals surface area contributed by atoms with Gasteiger partial charge >= 0.3 is 0 Å². The Morgan fingerprint density at radius 2 is 1.66 bits per heavy atom. The van der Waals surface area contributed by atoms with E-state index >= 15 is 0 Å². The lowest BCUT2D eigenvalue weighted by Gasteiger charge is -2.41. The van der Waals surface area contributed by atoms with E-state index in [4.69, 9.17) is 4.98 Å². The molecule has 53 heavy (non-hydrogen) atoms. The summed E-state index contributed by atoms with van der Waals surface area (Å²) >= 11 is 1.66. The second kappa shape index (κ2) is 17.4. The van der Waals surface area contributed by atoms with Crippen molar-refractivity contribution in [1.29, 1.82) is 0 Å². The first kappa shape index (κ1) is 37.9. The van der Waals surface area contributed by atoms with E-state index in [0.717, 1.165) is 67.3 Å². The van der Waals surface area contributed by atoms with E-state index in [1.807, 2.05) is 11.8 Å². The van der Waals surface area contributed by atoms with Crippen LogP contribution in [-0.2, 0) is 20.8 Å². The molecule has 13 heteroatoms. The van der Waals surface area contributed by atoms with Gasteiger partial charge in [-0.15, -0.1) is 11.3 Å². The highest BCUT2D eigenvalue weighted by Crippen LogP contribution is 2.35. The zero-order chi connectivity index (χ0) is 36.9. The molecule has 3 atom stereocenters. The van der Waals surface area contributed by atoms with Gasteiger partial charge in [0.15, 0.2) is 0 Å². The van der Waals surface area contributed by atoms with Crippen molar-refractivity contribution < 1.29 is 23.6 Å². The lowest BCUT2D eigenvalue weighted by molar-refractivity contribution is -0.139. The molecular weight excluding hydrogens is 694 g/mol. The number of carbonyl (C=O) groups excluding carboxylic acids is 4. The van der Waals surface area contributed by atoms with Crippen LogP contribution in [0.15, 0.2) is 24.3 Å². The Morgan fingerprint density at radius 1 is 0.943 bits per heavy atom. The molecule has 288 valence electrons. The molecule has 11 nitrogen and oxygen atoms in total. The third-order valence-electron chi connectivity index (χ3n) is 12.3. The van der Waals surface area contributed by atoms with Gasteiger partial charge in [0.1, 0.15) is 5.82 Å². The Morgan fingerprint density at radius 3 is 2.40 bits per heavy atom. The van der Waals surface area contributed by atoms with Gasteiger partial charge in [-0.25, -0.2) is 9.37 Å². The van der Waals surface area contributed by atoms with Crippen LogP contribution in [0.5, 0.6) is 0 Å². The number of unbranched alkanes of at least 4 members (excludes halogenated alkanes) is 1. The second-order valence-electron chi connectivity index (χ2n) is 16.0. The minimum atomic E-state index is -0.388. The van der Waals surface area contributed by atoms with Crippen molar-refractivity contribution in [2.24, 2.45) is 0 Å². The maximum atomic E-state index is 14.3. The van der Waals surface area contributed by atoms with Crippen molar-refractivity contribution in [2.75, 3.05) is 39.3 Å². The number of nitrogens with zero attached hydrogens (tertiary/aromatic N) is 4. The fourth-order valence-corrected chi connectivity index (χ4v) is 10.4. The maximum Gasteiger partial charge on any atom is 0.251 e. The van der Waals surface area contributed by atoms with Crippen LogP contribution in [0, 0.1) is 12.7 Å². The maximum absolute atomic E-state index is 14.3. The first-order valence-electron chi connectivity index (χ1n) is 20.1. The zero-order valence-corrected chi connectivity index (χ0v) is 31.9. The molecule has 6 aliphatic heterocycles. The summed E-state index contributed by atoms with van der Waals surface area (Å²) in [6, 6.07) is 6.11. The van der Waals surface area contributed by atoms with Gasteiger partial charge in [-0.3, -0.25) is 24.1 Å². The number of hydrogen-bond donors (Lipinski definition) is 3. The van der Waals surface area contributed by atoms with Crippen molar-refractivity contribution in [3.8, 4) is 0 Å². The van der Waals surface area contributed by atoms with Gasteiger partial charge in [-0.2, -0.15) is 0 Å². The predicted octanol–water partition coefficient (Wildman–Crippen LogP) is 4.29. The van der Waals surface area contributed by atoms with Gasteiger partial charge in [0, 0.05) is 86.2 Å². The normalized spacial score (nSPS) is 27.7. The summed E-state index contributed by atoms with van der Waals surface area (Å²) in [4.78, 5) is 66.5. The summed E-state index contributed by atoms with van der Waals surface area (Å²) < 4.78 is 13.3. The fraction of sp³-hybridized carbons (Fsp3) is 0.675. The summed E-state index contributed by atoms with van der Waals surface area (Å²) in [5.41, 5.74) is 1.19. The highest BCUT2D eigenvalue weighted by molar-refractivity contribution is 7.11. The van der Waals surface area contributed by atoms with Crippen molar-refractivity contribution in [3.63, 3.8) is 0 Å². The van der Waals surface area contributed by atoms with Gasteiger partial charge in [0.05, 0.1) is 23.2 Å². The molecule has 2 aromatic rings. The number of rotatable bonds is 8. The average Bonchev–Trinajstić information content (AvgIpc) is 3.92. The Labute approximate surface area is 316 Å². The van der Waals surface area contributed by atoms with E-state index in [9.17, 15) is 23.6 Å². The van der Waals surface area contributed by atoms with Crippen LogP contribution < -0.4 is 16.0 Å². The summed E-state index contributed by atoms with van der Waals surface area (Å²) in [5.74, 6) is -0.202. The number of thiazole rings is 1. The number of hydrogen-bond acceptors (Lipinski definition) is 8. The predicted molar refractivity (Wildman–Crippen MR) is 202 cm³/mol. The van der Waals surface area contributed by atoms with Crippen LogP contribution in [0.3, 0.4) is 0 Å². The largest absolute Gasteiger partial charge is 0.353 e. The lowest BCUT2D eigenvalue weighted by Crippen LogP contribution is -2.54.